The average Bonchev–Trinajstić information content (AvgIpc) is 2.78. The molecule has 3 aromatic rings. The van der Waals surface area contributed by atoms with Crippen molar-refractivity contribution >= 4 is 45.2 Å². The molecule has 162 valence electrons. The Morgan fingerprint density at radius 1 is 1.19 bits per heavy atom. The van der Waals surface area contributed by atoms with Crippen molar-refractivity contribution < 1.29 is 14.3 Å². The van der Waals surface area contributed by atoms with Crippen molar-refractivity contribution in [3.05, 3.63) is 92.4 Å². The third-order valence-electron chi connectivity index (χ3n) is 4.66. The predicted molar refractivity (Wildman–Crippen MR) is 130 cm³/mol. The highest BCUT2D eigenvalue weighted by atomic mass is 79.9. The number of methoxy groups -OCH3 is 1. The molecule has 0 unspecified atom stereocenters. The van der Waals surface area contributed by atoms with Crippen LogP contribution in [-0.4, -0.2) is 13.0 Å². The van der Waals surface area contributed by atoms with Gasteiger partial charge in [-0.2, -0.15) is 5.26 Å². The summed E-state index contributed by atoms with van der Waals surface area (Å²) in [6, 6.07) is 20.2. The topological polar surface area (TPSA) is 71.3 Å². The van der Waals surface area contributed by atoms with Gasteiger partial charge in [-0.25, -0.2) is 0 Å². The second kappa shape index (κ2) is 10.9. The first-order valence-corrected chi connectivity index (χ1v) is 10.8. The molecule has 5 nitrogen and oxygen atoms in total. The summed E-state index contributed by atoms with van der Waals surface area (Å²) in [5.74, 6) is 0.278. The van der Waals surface area contributed by atoms with Gasteiger partial charge in [0.25, 0.3) is 5.91 Å². The largest absolute Gasteiger partial charge is 0.493 e. The smallest absolute Gasteiger partial charge is 0.266 e. The number of aryl methyl sites for hydroxylation is 1. The van der Waals surface area contributed by atoms with Gasteiger partial charge in [0, 0.05) is 10.2 Å². The van der Waals surface area contributed by atoms with Gasteiger partial charge in [-0.15, -0.1) is 0 Å². The van der Waals surface area contributed by atoms with Crippen molar-refractivity contribution in [2.45, 2.75) is 13.5 Å². The third kappa shape index (κ3) is 5.91. The summed E-state index contributed by atoms with van der Waals surface area (Å²) < 4.78 is 12.3. The van der Waals surface area contributed by atoms with Crippen LogP contribution in [0.5, 0.6) is 11.5 Å². The van der Waals surface area contributed by atoms with Gasteiger partial charge in [0.2, 0.25) is 0 Å². The Morgan fingerprint density at radius 2 is 1.91 bits per heavy atom. The number of hydrogen-bond donors (Lipinski definition) is 1. The maximum Gasteiger partial charge on any atom is 0.266 e. The number of benzene rings is 3. The molecule has 7 heteroatoms. The van der Waals surface area contributed by atoms with Gasteiger partial charge in [-0.05, 0) is 66.1 Å². The molecule has 0 saturated carbocycles. The first-order chi connectivity index (χ1) is 15.4. The van der Waals surface area contributed by atoms with Crippen molar-refractivity contribution in [2.75, 3.05) is 12.4 Å². The second-order valence-corrected chi connectivity index (χ2v) is 8.20. The number of halogens is 2. The Balaban J connectivity index is 1.82. The number of amides is 1. The summed E-state index contributed by atoms with van der Waals surface area (Å²) in [6.45, 7) is 2.34. The lowest BCUT2D eigenvalue weighted by atomic mass is 10.1. The number of nitrogens with one attached hydrogen (secondary N) is 1. The first kappa shape index (κ1) is 23.4. The van der Waals surface area contributed by atoms with Crippen LogP contribution in [0.15, 0.2) is 70.7 Å². The zero-order valence-electron chi connectivity index (χ0n) is 17.5. The molecule has 3 aromatic carbocycles. The average molecular weight is 512 g/mol. The van der Waals surface area contributed by atoms with Gasteiger partial charge in [0.1, 0.15) is 18.2 Å². The SMILES string of the molecule is COc1cc(/C=C(\C#N)C(=O)Nc2ccc(Br)cc2)cc(Cl)c1OCc1ccccc1C. The van der Waals surface area contributed by atoms with Crippen molar-refractivity contribution in [1.29, 1.82) is 5.26 Å². The van der Waals surface area contributed by atoms with Crippen LogP contribution in [0.25, 0.3) is 6.08 Å². The zero-order valence-corrected chi connectivity index (χ0v) is 19.8. The van der Waals surface area contributed by atoms with E-state index in [0.717, 1.165) is 15.6 Å². The van der Waals surface area contributed by atoms with E-state index in [1.165, 1.54) is 13.2 Å². The minimum Gasteiger partial charge on any atom is -0.493 e. The number of ether oxygens (including phenoxy) is 2. The number of carbonyl (C=O) groups excluding carboxylic acids is 1. The predicted octanol–water partition coefficient (Wildman–Crippen LogP) is 6.54. The minimum atomic E-state index is -0.523. The van der Waals surface area contributed by atoms with E-state index in [4.69, 9.17) is 21.1 Å². The van der Waals surface area contributed by atoms with Crippen LogP contribution in [0.4, 0.5) is 5.69 Å². The van der Waals surface area contributed by atoms with E-state index in [-0.39, 0.29) is 5.57 Å². The highest BCUT2D eigenvalue weighted by molar-refractivity contribution is 9.10. The van der Waals surface area contributed by atoms with Gasteiger partial charge < -0.3 is 14.8 Å². The molecule has 0 aromatic heterocycles. The van der Waals surface area contributed by atoms with Crippen LogP contribution in [0.2, 0.25) is 5.02 Å². The van der Waals surface area contributed by atoms with Crippen molar-refractivity contribution in [2.24, 2.45) is 0 Å². The molecule has 0 aliphatic rings. The lowest BCUT2D eigenvalue weighted by molar-refractivity contribution is -0.112. The second-order valence-electron chi connectivity index (χ2n) is 6.88. The third-order valence-corrected chi connectivity index (χ3v) is 5.47. The number of carbonyl (C=O) groups is 1. The molecular weight excluding hydrogens is 492 g/mol. The van der Waals surface area contributed by atoms with Gasteiger partial charge >= 0.3 is 0 Å². The monoisotopic (exact) mass is 510 g/mol. The quantitative estimate of drug-likeness (QED) is 0.289. The van der Waals surface area contributed by atoms with Crippen LogP contribution in [0.1, 0.15) is 16.7 Å². The standard InChI is InChI=1S/C25H20BrClN2O3/c1-16-5-3-4-6-18(16)15-32-24-22(27)12-17(13-23(24)31-2)11-19(14-28)25(30)29-21-9-7-20(26)8-10-21/h3-13H,15H2,1-2H3,(H,29,30)/b19-11+. The lowest BCUT2D eigenvalue weighted by Gasteiger charge is -2.14. The molecule has 1 N–H and O–H groups in total. The molecule has 0 radical (unpaired) electrons. The summed E-state index contributed by atoms with van der Waals surface area (Å²) in [7, 11) is 1.51. The maximum absolute atomic E-state index is 12.5. The molecule has 0 saturated heterocycles. The van der Waals surface area contributed by atoms with Crippen LogP contribution >= 0.6 is 27.5 Å². The Bertz CT molecular complexity index is 1200. The summed E-state index contributed by atoms with van der Waals surface area (Å²) in [5, 5.41) is 12.5. The van der Waals surface area contributed by atoms with Gasteiger partial charge in [-0.3, -0.25) is 4.79 Å². The number of nitrogens with zero attached hydrogens (tertiary/aromatic N) is 1. The molecule has 0 fully saturated rings. The number of rotatable bonds is 7. The molecule has 3 rings (SSSR count). The van der Waals surface area contributed by atoms with Crippen molar-refractivity contribution in [1.82, 2.24) is 0 Å². The van der Waals surface area contributed by atoms with E-state index in [1.54, 1.807) is 36.4 Å². The van der Waals surface area contributed by atoms with E-state index in [2.05, 4.69) is 21.2 Å². The summed E-state index contributed by atoms with van der Waals surface area (Å²) >= 11 is 9.79. The highest BCUT2D eigenvalue weighted by Crippen LogP contribution is 2.37. The number of nitriles is 1. The van der Waals surface area contributed by atoms with Gasteiger partial charge in [-0.1, -0.05) is 51.8 Å². The molecule has 0 aliphatic heterocycles. The van der Waals surface area contributed by atoms with E-state index in [0.29, 0.717) is 34.4 Å². The molecule has 0 bridgehead atoms. The first-order valence-electron chi connectivity index (χ1n) is 9.65. The molecule has 0 atom stereocenters. The van der Waals surface area contributed by atoms with Gasteiger partial charge in [0.15, 0.2) is 11.5 Å². The van der Waals surface area contributed by atoms with E-state index in [9.17, 15) is 10.1 Å². The Morgan fingerprint density at radius 3 is 2.56 bits per heavy atom. The Hall–Kier alpha value is -3.27. The fourth-order valence-electron chi connectivity index (χ4n) is 2.93. The van der Waals surface area contributed by atoms with E-state index >= 15 is 0 Å². The van der Waals surface area contributed by atoms with Crippen LogP contribution < -0.4 is 14.8 Å². The van der Waals surface area contributed by atoms with E-state index in [1.807, 2.05) is 37.3 Å². The van der Waals surface area contributed by atoms with Crippen LogP contribution in [0.3, 0.4) is 0 Å². The lowest BCUT2D eigenvalue weighted by Crippen LogP contribution is -2.13. The Kier molecular flexibility index (Phi) is 7.93. The number of anilines is 1. The van der Waals surface area contributed by atoms with Crippen LogP contribution in [0, 0.1) is 18.3 Å². The molecule has 0 heterocycles. The van der Waals surface area contributed by atoms with Crippen LogP contribution in [-0.2, 0) is 11.4 Å². The summed E-state index contributed by atoms with van der Waals surface area (Å²) in [6.07, 6.45) is 1.45. The highest BCUT2D eigenvalue weighted by Gasteiger charge is 2.15. The molecule has 32 heavy (non-hydrogen) atoms. The maximum atomic E-state index is 12.5. The molecule has 0 aliphatic carbocycles. The molecule has 1 amide bonds. The minimum absolute atomic E-state index is 0.0698. The van der Waals surface area contributed by atoms with Gasteiger partial charge in [0.05, 0.1) is 12.1 Å². The normalized spacial score (nSPS) is 10.9. The van der Waals surface area contributed by atoms with Crippen molar-refractivity contribution in [3.8, 4) is 17.6 Å². The fourth-order valence-corrected chi connectivity index (χ4v) is 3.47. The zero-order chi connectivity index (χ0) is 23.1. The summed E-state index contributed by atoms with van der Waals surface area (Å²) in [4.78, 5) is 12.5. The number of hydrogen-bond acceptors (Lipinski definition) is 4. The molecular formula is C25H20BrClN2O3. The molecule has 0 spiro atoms. The fraction of sp³-hybridized carbons (Fsp3) is 0.120. The van der Waals surface area contributed by atoms with Crippen molar-refractivity contribution in [3.63, 3.8) is 0 Å². The van der Waals surface area contributed by atoms with E-state index < -0.39 is 5.91 Å². The summed E-state index contributed by atoms with van der Waals surface area (Å²) in [5.41, 5.74) is 3.19. The Labute approximate surface area is 200 Å².